The molecule has 1 rings (SSSR count). The van der Waals surface area contributed by atoms with Crippen molar-refractivity contribution < 1.29 is 14.3 Å². The normalized spacial score (nSPS) is 9.95. The fraction of sp³-hybridized carbons (Fsp3) is 0.417. The van der Waals surface area contributed by atoms with E-state index in [0.29, 0.717) is 18.8 Å². The summed E-state index contributed by atoms with van der Waals surface area (Å²) in [6.45, 7) is 1.18. The molecule has 1 aromatic heterocycles. The molecule has 0 fully saturated rings. The van der Waals surface area contributed by atoms with E-state index >= 15 is 0 Å². The van der Waals surface area contributed by atoms with Gasteiger partial charge in [-0.05, 0) is 12.1 Å². The molecule has 1 heterocycles. The fourth-order valence-corrected chi connectivity index (χ4v) is 1.30. The highest BCUT2D eigenvalue weighted by Gasteiger charge is 2.07. The van der Waals surface area contributed by atoms with Crippen molar-refractivity contribution in [1.29, 1.82) is 0 Å². The minimum Gasteiger partial charge on any atom is -0.397 e. The van der Waals surface area contributed by atoms with Gasteiger partial charge in [0.1, 0.15) is 5.69 Å². The van der Waals surface area contributed by atoms with E-state index in [-0.39, 0.29) is 30.5 Å². The number of hydrogen-bond acceptors (Lipinski definition) is 5. The van der Waals surface area contributed by atoms with E-state index in [9.17, 15) is 9.59 Å². The Morgan fingerprint density at radius 2 is 2.11 bits per heavy atom. The summed E-state index contributed by atoms with van der Waals surface area (Å²) < 4.78 is 4.80. The minimum absolute atomic E-state index is 0.136. The zero-order valence-corrected chi connectivity index (χ0v) is 10.8. The second kappa shape index (κ2) is 8.04. The fourth-order valence-electron chi connectivity index (χ4n) is 1.30. The van der Waals surface area contributed by atoms with Gasteiger partial charge in [0.2, 0.25) is 5.91 Å². The first kappa shape index (κ1) is 14.9. The van der Waals surface area contributed by atoms with Crippen molar-refractivity contribution >= 4 is 17.5 Å². The van der Waals surface area contributed by atoms with Gasteiger partial charge >= 0.3 is 0 Å². The summed E-state index contributed by atoms with van der Waals surface area (Å²) in [5.74, 6) is -0.465. The number of aromatic nitrogens is 1. The number of rotatable bonds is 7. The molecular formula is C12H18N4O3. The number of methoxy groups -OCH3 is 1. The van der Waals surface area contributed by atoms with Gasteiger partial charge in [0.25, 0.3) is 5.91 Å². The number of nitrogen functional groups attached to an aromatic ring is 1. The van der Waals surface area contributed by atoms with Gasteiger partial charge in [-0.3, -0.25) is 9.59 Å². The summed E-state index contributed by atoms with van der Waals surface area (Å²) >= 11 is 0. The molecule has 0 spiro atoms. The van der Waals surface area contributed by atoms with Crippen molar-refractivity contribution in [3.63, 3.8) is 0 Å². The maximum Gasteiger partial charge on any atom is 0.269 e. The molecule has 2 amide bonds. The van der Waals surface area contributed by atoms with E-state index in [0.717, 1.165) is 0 Å². The molecule has 7 nitrogen and oxygen atoms in total. The number of nitrogens with two attached hydrogens (primary N) is 1. The Kier molecular flexibility index (Phi) is 6.31. The lowest BCUT2D eigenvalue weighted by molar-refractivity contribution is -0.121. The number of carbonyl (C=O) groups is 2. The number of pyridine rings is 1. The zero-order valence-electron chi connectivity index (χ0n) is 10.8. The highest BCUT2D eigenvalue weighted by atomic mass is 16.5. The number of nitrogens with one attached hydrogen (secondary N) is 2. The largest absolute Gasteiger partial charge is 0.397 e. The Balaban J connectivity index is 2.23. The maximum absolute atomic E-state index is 11.6. The summed E-state index contributed by atoms with van der Waals surface area (Å²) in [6.07, 6.45) is 1.62. The molecular weight excluding hydrogens is 248 g/mol. The molecule has 19 heavy (non-hydrogen) atoms. The molecule has 0 unspecified atom stereocenters. The van der Waals surface area contributed by atoms with Gasteiger partial charge in [0, 0.05) is 26.6 Å². The first-order valence-electron chi connectivity index (χ1n) is 5.89. The highest BCUT2D eigenvalue weighted by molar-refractivity contribution is 5.92. The van der Waals surface area contributed by atoms with Crippen LogP contribution >= 0.6 is 0 Å². The van der Waals surface area contributed by atoms with Crippen LogP contribution in [-0.4, -0.2) is 43.6 Å². The Bertz CT molecular complexity index is 419. The second-order valence-corrected chi connectivity index (χ2v) is 3.83. The minimum atomic E-state index is -0.329. The summed E-state index contributed by atoms with van der Waals surface area (Å²) in [7, 11) is 1.56. The molecule has 104 valence electrons. The molecule has 4 N–H and O–H groups in total. The van der Waals surface area contributed by atoms with Crippen molar-refractivity contribution in [2.24, 2.45) is 0 Å². The van der Waals surface area contributed by atoms with E-state index in [4.69, 9.17) is 10.5 Å². The van der Waals surface area contributed by atoms with Crippen LogP contribution in [0.3, 0.4) is 0 Å². The van der Waals surface area contributed by atoms with Gasteiger partial charge in [-0.1, -0.05) is 0 Å². The van der Waals surface area contributed by atoms with E-state index < -0.39 is 0 Å². The van der Waals surface area contributed by atoms with Crippen LogP contribution in [0.2, 0.25) is 0 Å². The van der Waals surface area contributed by atoms with Crippen LogP contribution in [0.5, 0.6) is 0 Å². The van der Waals surface area contributed by atoms with Crippen LogP contribution in [0, 0.1) is 0 Å². The van der Waals surface area contributed by atoms with Crippen LogP contribution in [0.4, 0.5) is 5.69 Å². The topological polar surface area (TPSA) is 106 Å². The van der Waals surface area contributed by atoms with Crippen molar-refractivity contribution in [2.75, 3.05) is 32.5 Å². The average Bonchev–Trinajstić information content (AvgIpc) is 2.39. The van der Waals surface area contributed by atoms with Gasteiger partial charge in [0.05, 0.1) is 18.5 Å². The maximum atomic E-state index is 11.6. The summed E-state index contributed by atoms with van der Waals surface area (Å²) in [5.41, 5.74) is 6.23. The number of nitrogens with zero attached hydrogens (tertiary/aromatic N) is 1. The molecule has 0 atom stereocenters. The van der Waals surface area contributed by atoms with Crippen LogP contribution in [0.25, 0.3) is 0 Å². The van der Waals surface area contributed by atoms with Crippen molar-refractivity contribution in [2.45, 2.75) is 6.42 Å². The van der Waals surface area contributed by atoms with Crippen molar-refractivity contribution in [3.05, 3.63) is 24.0 Å². The van der Waals surface area contributed by atoms with Gasteiger partial charge in [-0.15, -0.1) is 0 Å². The number of hydrogen-bond donors (Lipinski definition) is 3. The summed E-state index contributed by atoms with van der Waals surface area (Å²) in [5, 5.41) is 5.26. The molecule has 0 saturated carbocycles. The third-order valence-electron chi connectivity index (χ3n) is 2.28. The lowest BCUT2D eigenvalue weighted by Crippen LogP contribution is -2.32. The molecule has 0 saturated heterocycles. The van der Waals surface area contributed by atoms with E-state index in [1.807, 2.05) is 0 Å². The summed E-state index contributed by atoms with van der Waals surface area (Å²) in [6, 6.07) is 3.13. The number of ether oxygens (including phenoxy) is 1. The quantitative estimate of drug-likeness (QED) is 0.579. The Morgan fingerprint density at radius 1 is 1.32 bits per heavy atom. The number of amides is 2. The molecule has 0 aromatic carbocycles. The van der Waals surface area contributed by atoms with E-state index in [1.165, 1.54) is 12.3 Å². The Labute approximate surface area is 111 Å². The third-order valence-corrected chi connectivity index (χ3v) is 2.28. The Morgan fingerprint density at radius 3 is 2.74 bits per heavy atom. The summed E-state index contributed by atoms with van der Waals surface area (Å²) in [4.78, 5) is 26.8. The molecule has 0 bridgehead atoms. The predicted molar refractivity (Wildman–Crippen MR) is 70.5 cm³/mol. The molecule has 0 aliphatic carbocycles. The van der Waals surface area contributed by atoms with Crippen molar-refractivity contribution in [3.8, 4) is 0 Å². The number of carbonyl (C=O) groups excluding carboxylic acids is 2. The molecule has 0 aliphatic heterocycles. The molecule has 1 aromatic rings. The lowest BCUT2D eigenvalue weighted by atomic mass is 10.3. The highest BCUT2D eigenvalue weighted by Crippen LogP contribution is 2.00. The van der Waals surface area contributed by atoms with Crippen LogP contribution in [0.1, 0.15) is 16.9 Å². The van der Waals surface area contributed by atoms with E-state index in [1.54, 1.807) is 13.2 Å². The predicted octanol–water partition coefficient (Wildman–Crippen LogP) is -0.454. The molecule has 7 heteroatoms. The molecule has 0 aliphatic rings. The first-order chi connectivity index (χ1) is 9.13. The van der Waals surface area contributed by atoms with Gasteiger partial charge in [-0.25, -0.2) is 4.98 Å². The van der Waals surface area contributed by atoms with E-state index in [2.05, 4.69) is 15.6 Å². The lowest BCUT2D eigenvalue weighted by Gasteiger charge is -2.06. The third kappa shape index (κ3) is 5.82. The number of anilines is 1. The average molecular weight is 266 g/mol. The second-order valence-electron chi connectivity index (χ2n) is 3.83. The van der Waals surface area contributed by atoms with Crippen LogP contribution in [0.15, 0.2) is 18.3 Å². The van der Waals surface area contributed by atoms with Crippen LogP contribution < -0.4 is 16.4 Å². The van der Waals surface area contributed by atoms with Gasteiger partial charge < -0.3 is 21.1 Å². The van der Waals surface area contributed by atoms with Crippen LogP contribution in [-0.2, 0) is 9.53 Å². The first-order valence-corrected chi connectivity index (χ1v) is 5.89. The molecule has 0 radical (unpaired) electrons. The Hall–Kier alpha value is -2.15. The van der Waals surface area contributed by atoms with Gasteiger partial charge in [0.15, 0.2) is 0 Å². The monoisotopic (exact) mass is 266 g/mol. The SMILES string of the molecule is COCCNC(=O)CCNC(=O)c1ccc(N)cn1. The standard InChI is InChI=1S/C12H18N4O3/c1-19-7-6-14-11(17)4-5-15-12(18)10-3-2-9(13)8-16-10/h2-3,8H,4-7,13H2,1H3,(H,14,17)(H,15,18). The van der Waals surface area contributed by atoms with Gasteiger partial charge in [-0.2, -0.15) is 0 Å². The smallest absolute Gasteiger partial charge is 0.269 e. The van der Waals surface area contributed by atoms with Crippen molar-refractivity contribution in [1.82, 2.24) is 15.6 Å². The zero-order chi connectivity index (χ0) is 14.1.